The number of carbonyl (C=O) groups is 2. The van der Waals surface area contributed by atoms with Crippen molar-refractivity contribution in [2.45, 2.75) is 296 Å². The third-order valence-corrected chi connectivity index (χ3v) is 15.1. The molecule has 452 valence electrons. The Kier molecular flexibility index (Phi) is 55.4. The molecule has 0 aliphatic rings. The lowest BCUT2D eigenvalue weighted by Gasteiger charge is -2.27. The molecular formula is C68H124N2O7P+. The van der Waals surface area contributed by atoms with Crippen molar-refractivity contribution in [1.29, 1.82) is 0 Å². The number of phosphoric ester groups is 1. The molecule has 0 saturated carbocycles. The van der Waals surface area contributed by atoms with Crippen molar-refractivity contribution in [3.63, 3.8) is 0 Å². The van der Waals surface area contributed by atoms with Gasteiger partial charge in [-0.1, -0.05) is 260 Å². The van der Waals surface area contributed by atoms with E-state index < -0.39 is 20.0 Å². The van der Waals surface area contributed by atoms with E-state index in [0.717, 1.165) is 77.0 Å². The maximum Gasteiger partial charge on any atom is 0.472 e. The Morgan fingerprint density at radius 3 is 1.27 bits per heavy atom. The van der Waals surface area contributed by atoms with Crippen molar-refractivity contribution in [1.82, 2.24) is 5.32 Å². The molecule has 0 heterocycles. The van der Waals surface area contributed by atoms with Crippen LogP contribution in [0.5, 0.6) is 0 Å². The highest BCUT2D eigenvalue weighted by Gasteiger charge is 2.30. The van der Waals surface area contributed by atoms with E-state index in [-0.39, 0.29) is 31.5 Å². The summed E-state index contributed by atoms with van der Waals surface area (Å²) >= 11 is 0. The molecule has 0 aromatic carbocycles. The predicted molar refractivity (Wildman–Crippen MR) is 337 cm³/mol. The molecule has 0 aromatic rings. The van der Waals surface area contributed by atoms with Crippen LogP contribution in [-0.2, 0) is 27.9 Å². The Hall–Kier alpha value is -2.81. The van der Waals surface area contributed by atoms with Gasteiger partial charge in [0.15, 0.2) is 0 Å². The molecule has 0 aliphatic carbocycles. The Bertz CT molecular complexity index is 1610. The fourth-order valence-electron chi connectivity index (χ4n) is 9.09. The van der Waals surface area contributed by atoms with Crippen molar-refractivity contribution < 1.29 is 37.3 Å². The first-order chi connectivity index (χ1) is 37.9. The molecule has 0 aliphatic heterocycles. The first-order valence-electron chi connectivity index (χ1n) is 32.4. The Labute approximate surface area is 482 Å². The van der Waals surface area contributed by atoms with E-state index >= 15 is 0 Å². The second-order valence-corrected chi connectivity index (χ2v) is 24.4. The summed E-state index contributed by atoms with van der Waals surface area (Å²) in [5.41, 5.74) is 0. The molecule has 10 heteroatoms. The fourth-order valence-corrected chi connectivity index (χ4v) is 9.82. The monoisotopic (exact) mass is 1110 g/mol. The van der Waals surface area contributed by atoms with Gasteiger partial charge >= 0.3 is 13.8 Å². The molecule has 1 amide bonds. The van der Waals surface area contributed by atoms with Crippen LogP contribution in [0.25, 0.3) is 0 Å². The predicted octanol–water partition coefficient (Wildman–Crippen LogP) is 20.2. The van der Waals surface area contributed by atoms with E-state index in [4.69, 9.17) is 13.8 Å². The number of nitrogens with zero attached hydrogens (tertiary/aromatic N) is 1. The van der Waals surface area contributed by atoms with Gasteiger partial charge in [0.1, 0.15) is 19.3 Å². The van der Waals surface area contributed by atoms with Crippen molar-refractivity contribution >= 4 is 19.7 Å². The molecule has 3 unspecified atom stereocenters. The lowest BCUT2D eigenvalue weighted by molar-refractivity contribution is -0.870. The van der Waals surface area contributed by atoms with E-state index in [1.54, 1.807) is 0 Å². The summed E-state index contributed by atoms with van der Waals surface area (Å²) in [6.45, 7) is 6.87. The van der Waals surface area contributed by atoms with Gasteiger partial charge in [0.2, 0.25) is 5.91 Å². The third-order valence-electron chi connectivity index (χ3n) is 14.1. The van der Waals surface area contributed by atoms with Crippen LogP contribution in [0.4, 0.5) is 0 Å². The molecule has 0 aromatic heterocycles. The first-order valence-corrected chi connectivity index (χ1v) is 33.9. The van der Waals surface area contributed by atoms with Crippen LogP contribution in [0.3, 0.4) is 0 Å². The lowest BCUT2D eigenvalue weighted by Crippen LogP contribution is -2.47. The summed E-state index contributed by atoms with van der Waals surface area (Å²) < 4.78 is 30.7. The van der Waals surface area contributed by atoms with Gasteiger partial charge in [-0.15, -0.1) is 0 Å². The van der Waals surface area contributed by atoms with Crippen LogP contribution in [0, 0.1) is 0 Å². The van der Waals surface area contributed by atoms with Crippen LogP contribution in [-0.4, -0.2) is 74.3 Å². The van der Waals surface area contributed by atoms with E-state index in [9.17, 15) is 19.0 Å². The van der Waals surface area contributed by atoms with E-state index in [1.807, 2.05) is 33.3 Å². The summed E-state index contributed by atoms with van der Waals surface area (Å²) in [4.78, 5) is 37.7. The van der Waals surface area contributed by atoms with Crippen molar-refractivity contribution in [2.75, 3.05) is 40.9 Å². The Morgan fingerprint density at radius 2 is 0.833 bits per heavy atom. The van der Waals surface area contributed by atoms with Crippen molar-refractivity contribution in [2.24, 2.45) is 0 Å². The van der Waals surface area contributed by atoms with Gasteiger partial charge in [0, 0.05) is 12.8 Å². The number of hydrogen-bond donors (Lipinski definition) is 2. The molecule has 0 bridgehead atoms. The fraction of sp³-hybridized carbons (Fsp3) is 0.765. The van der Waals surface area contributed by atoms with Gasteiger partial charge in [-0.05, 0) is 96.0 Å². The molecule has 3 atom stereocenters. The van der Waals surface area contributed by atoms with E-state index in [2.05, 4.69) is 99.0 Å². The van der Waals surface area contributed by atoms with Gasteiger partial charge in [-0.3, -0.25) is 18.6 Å². The molecular weight excluding hydrogens is 988 g/mol. The van der Waals surface area contributed by atoms with Gasteiger partial charge in [0.05, 0.1) is 33.8 Å². The summed E-state index contributed by atoms with van der Waals surface area (Å²) in [7, 11) is 1.46. The minimum absolute atomic E-state index is 0.0290. The molecule has 2 N–H and O–H groups in total. The highest BCUT2D eigenvalue weighted by Crippen LogP contribution is 2.43. The highest BCUT2D eigenvalue weighted by atomic mass is 31.2. The Balaban J connectivity index is 5.23. The van der Waals surface area contributed by atoms with Crippen LogP contribution < -0.4 is 5.32 Å². The zero-order valence-electron chi connectivity index (χ0n) is 51.6. The second kappa shape index (κ2) is 57.4. The number of hydrogen-bond acceptors (Lipinski definition) is 6. The summed E-state index contributed by atoms with van der Waals surface area (Å²) in [5, 5.41) is 3.05. The number of carbonyl (C=O) groups excluding carboxylic acids is 2. The van der Waals surface area contributed by atoms with E-state index in [0.29, 0.717) is 23.9 Å². The molecule has 0 fully saturated rings. The summed E-state index contributed by atoms with van der Waals surface area (Å²) in [6, 6.07) is -0.874. The van der Waals surface area contributed by atoms with Crippen LogP contribution in [0.15, 0.2) is 85.1 Å². The van der Waals surface area contributed by atoms with Gasteiger partial charge in [-0.25, -0.2) is 4.57 Å². The average molecular weight is 1110 g/mol. The van der Waals surface area contributed by atoms with Crippen molar-refractivity contribution in [3.05, 3.63) is 85.1 Å². The van der Waals surface area contributed by atoms with Crippen molar-refractivity contribution in [3.8, 4) is 0 Å². The molecule has 78 heavy (non-hydrogen) atoms. The number of phosphoric acid groups is 1. The molecule has 0 saturated heterocycles. The third kappa shape index (κ3) is 57.9. The number of allylic oxidation sites excluding steroid dienone is 13. The number of rotatable bonds is 58. The maximum absolute atomic E-state index is 13.6. The molecule has 0 spiro atoms. The zero-order chi connectivity index (χ0) is 57.2. The maximum atomic E-state index is 13.6. The topological polar surface area (TPSA) is 111 Å². The summed E-state index contributed by atoms with van der Waals surface area (Å²) in [6.07, 6.45) is 76.0. The lowest BCUT2D eigenvalue weighted by atomic mass is 10.0. The van der Waals surface area contributed by atoms with Gasteiger partial charge < -0.3 is 19.4 Å². The zero-order valence-corrected chi connectivity index (χ0v) is 52.5. The first kappa shape index (κ1) is 75.2. The van der Waals surface area contributed by atoms with Gasteiger partial charge in [-0.2, -0.15) is 0 Å². The second-order valence-electron chi connectivity index (χ2n) is 22.9. The van der Waals surface area contributed by atoms with Crippen LogP contribution in [0.1, 0.15) is 284 Å². The van der Waals surface area contributed by atoms with Gasteiger partial charge in [0.25, 0.3) is 0 Å². The smallest absolute Gasteiger partial charge is 0.456 e. The molecule has 0 rings (SSSR count). The molecule has 9 nitrogen and oxygen atoms in total. The number of amides is 1. The number of ether oxygens (including phenoxy) is 1. The van der Waals surface area contributed by atoms with E-state index in [1.165, 1.54) is 167 Å². The number of esters is 1. The quantitative estimate of drug-likeness (QED) is 0.0205. The Morgan fingerprint density at radius 1 is 0.462 bits per heavy atom. The van der Waals surface area contributed by atoms with Crippen LogP contribution >= 0.6 is 7.82 Å². The number of likely N-dealkylation sites (N-methyl/N-ethyl adjacent to an activating group) is 1. The minimum Gasteiger partial charge on any atom is -0.456 e. The normalized spacial score (nSPS) is 14.2. The highest BCUT2D eigenvalue weighted by molar-refractivity contribution is 7.47. The number of nitrogens with one attached hydrogen (secondary N) is 1. The summed E-state index contributed by atoms with van der Waals surface area (Å²) in [5.74, 6) is -0.570. The number of unbranched alkanes of at least 4 members (excludes halogenated alkanes) is 30. The standard InChI is InChI=1S/C68H123N2O7P/c1-7-10-13-16-19-22-25-28-30-32-33-34-35-36-37-39-40-42-45-48-51-54-57-60-67(71)69-65(64-76-78(73,74)75-63-62-70(4,5)6)66(59-56-53-50-47-44-27-24-21-18-15-12-9-3)77-68(72)61-58-55-52-49-46-43-41-38-31-29-26-23-20-17-14-11-8-2/h11,14,20,23,28-31,41,43,49,52,56,59,65-66H,7-10,12-13,15-19,21-22,24-27,32-40,42,44-48,50-51,53-55,57-58,60-64H2,1-6H3,(H-,69,71,73,74)/p+1/b14-11-,23-20-,30-28+,31-29-,43-41-,52-49-,59-56-. The number of quaternary nitrogens is 1. The minimum atomic E-state index is -4.47. The SMILES string of the molecule is CC/C=C\C/C=C\C/C=C\C/C=C\C/C=C\CCCC(=O)OC(/C=C\CCCCCCCCCCCC)C(COP(=O)(O)OCC[N+](C)(C)C)NC(=O)CCCCCCCCCCCCCCC/C=C/CCCCCCCC. The largest absolute Gasteiger partial charge is 0.472 e. The average Bonchev–Trinajstić information content (AvgIpc) is 3.40. The van der Waals surface area contributed by atoms with Crippen LogP contribution in [0.2, 0.25) is 0 Å². The molecule has 0 radical (unpaired) electrons.